The van der Waals surface area contributed by atoms with Gasteiger partial charge in [0.05, 0.1) is 7.11 Å². The predicted octanol–water partition coefficient (Wildman–Crippen LogP) is 3.43. The molecule has 2 heterocycles. The third-order valence-electron chi connectivity index (χ3n) is 3.85. The number of nitrogens with zero attached hydrogens (tertiary/aromatic N) is 2. The van der Waals surface area contributed by atoms with E-state index in [1.54, 1.807) is 7.11 Å². The first-order valence-corrected chi connectivity index (χ1v) is 7.17. The maximum atomic E-state index is 5.38. The number of hydrogen-bond donors (Lipinski definition) is 0. The van der Waals surface area contributed by atoms with Crippen molar-refractivity contribution in [1.29, 1.82) is 0 Å². The molecule has 0 bridgehead atoms. The fraction of sp³-hybridized carbons (Fsp3) is 0.353. The van der Waals surface area contributed by atoms with Crippen LogP contribution in [-0.2, 0) is 13.0 Å². The fourth-order valence-corrected chi connectivity index (χ4v) is 2.79. The first-order valence-electron chi connectivity index (χ1n) is 7.17. The Kier molecular flexibility index (Phi) is 3.86. The molecule has 2 aromatic rings. The highest BCUT2D eigenvalue weighted by molar-refractivity contribution is 5.58. The summed E-state index contributed by atoms with van der Waals surface area (Å²) >= 11 is 0. The summed E-state index contributed by atoms with van der Waals surface area (Å²) in [7, 11) is 1.73. The Bertz CT molecular complexity index is 568. The summed E-state index contributed by atoms with van der Waals surface area (Å²) in [5.41, 5.74) is 3.99. The molecular formula is C17H20N2O. The third kappa shape index (κ3) is 2.77. The van der Waals surface area contributed by atoms with E-state index in [-0.39, 0.29) is 0 Å². The number of methoxy groups -OCH3 is 1. The van der Waals surface area contributed by atoms with Crippen molar-refractivity contribution in [3.05, 3.63) is 53.9 Å². The lowest BCUT2D eigenvalue weighted by Crippen LogP contribution is -2.23. The van der Waals surface area contributed by atoms with Gasteiger partial charge < -0.3 is 9.64 Å². The number of aromatic nitrogens is 1. The Morgan fingerprint density at radius 3 is 3.00 bits per heavy atom. The Labute approximate surface area is 120 Å². The Balaban J connectivity index is 1.91. The summed E-state index contributed by atoms with van der Waals surface area (Å²) in [4.78, 5) is 6.66. The van der Waals surface area contributed by atoms with Crippen molar-refractivity contribution in [3.8, 4) is 5.75 Å². The van der Waals surface area contributed by atoms with Gasteiger partial charge >= 0.3 is 0 Å². The summed E-state index contributed by atoms with van der Waals surface area (Å²) in [5.74, 6) is 0.932. The largest absolute Gasteiger partial charge is 0.497 e. The van der Waals surface area contributed by atoms with E-state index in [4.69, 9.17) is 4.74 Å². The van der Waals surface area contributed by atoms with Crippen molar-refractivity contribution in [2.75, 3.05) is 18.6 Å². The maximum absolute atomic E-state index is 5.38. The van der Waals surface area contributed by atoms with E-state index in [2.05, 4.69) is 34.1 Å². The van der Waals surface area contributed by atoms with Gasteiger partial charge in [-0.2, -0.15) is 0 Å². The van der Waals surface area contributed by atoms with E-state index in [0.717, 1.165) is 25.3 Å². The zero-order chi connectivity index (χ0) is 13.8. The Morgan fingerprint density at radius 1 is 1.25 bits per heavy atom. The lowest BCUT2D eigenvalue weighted by molar-refractivity contribution is 0.414. The van der Waals surface area contributed by atoms with Gasteiger partial charge in [0.25, 0.3) is 0 Å². The summed E-state index contributed by atoms with van der Waals surface area (Å²) in [6.45, 7) is 2.00. The second-order valence-corrected chi connectivity index (χ2v) is 5.23. The molecule has 1 aromatic carbocycles. The molecule has 0 N–H and O–H groups in total. The summed E-state index contributed by atoms with van der Waals surface area (Å²) in [6, 6.07) is 10.6. The number of hydrogen-bond acceptors (Lipinski definition) is 3. The molecule has 3 rings (SSSR count). The molecule has 0 spiro atoms. The van der Waals surface area contributed by atoms with Gasteiger partial charge in [0.15, 0.2) is 0 Å². The van der Waals surface area contributed by atoms with Crippen LogP contribution in [0.2, 0.25) is 0 Å². The fourth-order valence-electron chi connectivity index (χ4n) is 2.79. The van der Waals surface area contributed by atoms with Crippen molar-refractivity contribution in [2.24, 2.45) is 0 Å². The van der Waals surface area contributed by atoms with Crippen LogP contribution in [0.5, 0.6) is 5.75 Å². The first kappa shape index (κ1) is 13.0. The molecule has 0 unspecified atom stereocenters. The number of pyridine rings is 1. The molecule has 20 heavy (non-hydrogen) atoms. The summed E-state index contributed by atoms with van der Waals surface area (Å²) in [5, 5.41) is 0. The number of aryl methyl sites for hydroxylation is 1. The number of rotatable bonds is 3. The average Bonchev–Trinajstić information content (AvgIpc) is 2.70. The van der Waals surface area contributed by atoms with Crippen LogP contribution in [0, 0.1) is 0 Å². The standard InChI is InChI=1S/C17H20N2O/c1-20-16-8-7-15-6-2-3-10-19(17(15)11-16)13-14-5-4-9-18-12-14/h4-5,7-9,11-12H,2-3,6,10,13H2,1H3. The molecule has 0 saturated carbocycles. The van der Waals surface area contributed by atoms with Gasteiger partial charge in [-0.3, -0.25) is 4.98 Å². The van der Waals surface area contributed by atoms with Gasteiger partial charge in [0, 0.05) is 37.2 Å². The zero-order valence-electron chi connectivity index (χ0n) is 11.9. The number of fused-ring (bicyclic) bond motifs is 1. The number of anilines is 1. The lowest BCUT2D eigenvalue weighted by Gasteiger charge is -2.25. The molecule has 0 fully saturated rings. The average molecular weight is 268 g/mol. The molecule has 104 valence electrons. The lowest BCUT2D eigenvalue weighted by atomic mass is 10.1. The van der Waals surface area contributed by atoms with Crippen molar-refractivity contribution < 1.29 is 4.74 Å². The molecule has 0 aliphatic carbocycles. The van der Waals surface area contributed by atoms with Crippen molar-refractivity contribution in [3.63, 3.8) is 0 Å². The van der Waals surface area contributed by atoms with Gasteiger partial charge in [-0.05, 0) is 42.5 Å². The molecule has 0 radical (unpaired) electrons. The molecule has 0 atom stereocenters. The van der Waals surface area contributed by atoms with Crippen LogP contribution in [0.15, 0.2) is 42.7 Å². The van der Waals surface area contributed by atoms with Crippen LogP contribution in [0.1, 0.15) is 24.0 Å². The highest BCUT2D eigenvalue weighted by atomic mass is 16.5. The zero-order valence-corrected chi connectivity index (χ0v) is 11.9. The minimum Gasteiger partial charge on any atom is -0.497 e. The quantitative estimate of drug-likeness (QED) is 0.852. The SMILES string of the molecule is COc1ccc2c(c1)N(Cc1cccnc1)CCCC2. The molecule has 3 heteroatoms. The smallest absolute Gasteiger partial charge is 0.120 e. The second-order valence-electron chi connectivity index (χ2n) is 5.23. The predicted molar refractivity (Wildman–Crippen MR) is 81.2 cm³/mol. The highest BCUT2D eigenvalue weighted by Gasteiger charge is 2.16. The van der Waals surface area contributed by atoms with Gasteiger partial charge in [-0.25, -0.2) is 0 Å². The minimum atomic E-state index is 0.911. The molecule has 1 aliphatic heterocycles. The van der Waals surface area contributed by atoms with E-state index in [1.807, 2.05) is 18.5 Å². The number of benzene rings is 1. The van der Waals surface area contributed by atoms with Crippen LogP contribution in [-0.4, -0.2) is 18.6 Å². The number of ether oxygens (including phenoxy) is 1. The summed E-state index contributed by atoms with van der Waals surface area (Å²) in [6.07, 6.45) is 7.41. The molecule has 0 saturated heterocycles. The van der Waals surface area contributed by atoms with Crippen LogP contribution in [0.3, 0.4) is 0 Å². The molecule has 3 nitrogen and oxygen atoms in total. The van der Waals surface area contributed by atoms with Crippen LogP contribution in [0.4, 0.5) is 5.69 Å². The van der Waals surface area contributed by atoms with E-state index < -0.39 is 0 Å². The normalized spacial score (nSPS) is 14.6. The molecule has 0 amide bonds. The van der Waals surface area contributed by atoms with E-state index in [0.29, 0.717) is 0 Å². The second kappa shape index (κ2) is 5.95. The first-order chi connectivity index (χ1) is 9.86. The highest BCUT2D eigenvalue weighted by Crippen LogP contribution is 2.31. The molecule has 1 aromatic heterocycles. The maximum Gasteiger partial charge on any atom is 0.120 e. The minimum absolute atomic E-state index is 0.911. The third-order valence-corrected chi connectivity index (χ3v) is 3.85. The van der Waals surface area contributed by atoms with Crippen LogP contribution in [0.25, 0.3) is 0 Å². The van der Waals surface area contributed by atoms with Crippen molar-refractivity contribution in [1.82, 2.24) is 4.98 Å². The molecule has 1 aliphatic rings. The van der Waals surface area contributed by atoms with E-state index in [1.165, 1.54) is 29.7 Å². The summed E-state index contributed by atoms with van der Waals surface area (Å²) < 4.78 is 5.38. The Hall–Kier alpha value is -2.03. The van der Waals surface area contributed by atoms with E-state index >= 15 is 0 Å². The monoisotopic (exact) mass is 268 g/mol. The van der Waals surface area contributed by atoms with Gasteiger partial charge in [-0.15, -0.1) is 0 Å². The van der Waals surface area contributed by atoms with Gasteiger partial charge in [0.2, 0.25) is 0 Å². The van der Waals surface area contributed by atoms with Crippen LogP contribution < -0.4 is 9.64 Å². The van der Waals surface area contributed by atoms with E-state index in [9.17, 15) is 0 Å². The Morgan fingerprint density at radius 2 is 2.20 bits per heavy atom. The van der Waals surface area contributed by atoms with Gasteiger partial charge in [-0.1, -0.05) is 12.1 Å². The van der Waals surface area contributed by atoms with Crippen molar-refractivity contribution in [2.45, 2.75) is 25.8 Å². The molecular weight excluding hydrogens is 248 g/mol. The topological polar surface area (TPSA) is 25.4 Å². The van der Waals surface area contributed by atoms with Crippen LogP contribution >= 0.6 is 0 Å². The van der Waals surface area contributed by atoms with Gasteiger partial charge in [0.1, 0.15) is 5.75 Å². The van der Waals surface area contributed by atoms with Crippen molar-refractivity contribution >= 4 is 5.69 Å².